The topological polar surface area (TPSA) is 108 Å². The maximum absolute atomic E-state index is 12.4. The highest BCUT2D eigenvalue weighted by Gasteiger charge is 2.22. The van der Waals surface area contributed by atoms with E-state index in [9.17, 15) is 14.4 Å². The molecule has 0 spiro atoms. The molecule has 0 saturated heterocycles. The second-order valence-corrected chi connectivity index (χ2v) is 7.32. The molecule has 1 aromatic carbocycles. The van der Waals surface area contributed by atoms with E-state index in [0.29, 0.717) is 17.1 Å². The second kappa shape index (κ2) is 9.36. The summed E-state index contributed by atoms with van der Waals surface area (Å²) in [7, 11) is 0. The van der Waals surface area contributed by atoms with E-state index in [4.69, 9.17) is 14.0 Å². The number of carbonyl (C=O) groups excluding carboxylic acids is 3. The molecule has 0 bridgehead atoms. The summed E-state index contributed by atoms with van der Waals surface area (Å²) in [5.74, 6) is -1.51. The zero-order valence-corrected chi connectivity index (χ0v) is 17.5. The zero-order chi connectivity index (χ0) is 21.7. The van der Waals surface area contributed by atoms with Crippen LogP contribution in [0.3, 0.4) is 0 Å². The lowest BCUT2D eigenvalue weighted by molar-refractivity contribution is -0.119. The Hall–Kier alpha value is -3.46. The standard InChI is InChI=1S/C21H20N2O6S/c1-4-27-21(26)19-15(10-16(30-19)14-8-6-5-7-9-14)22-17(24)11-28-20(25)18-12(2)23-29-13(18)3/h5-10H,4,11H2,1-3H3,(H,22,24). The minimum atomic E-state index is -0.706. The van der Waals surface area contributed by atoms with E-state index in [1.807, 2.05) is 30.3 Å². The highest BCUT2D eigenvalue weighted by atomic mass is 32.1. The summed E-state index contributed by atoms with van der Waals surface area (Å²) in [6, 6.07) is 11.1. The van der Waals surface area contributed by atoms with Crippen molar-refractivity contribution in [2.24, 2.45) is 0 Å². The van der Waals surface area contributed by atoms with Crippen LogP contribution in [-0.2, 0) is 14.3 Å². The third kappa shape index (κ3) is 4.74. The van der Waals surface area contributed by atoms with Crippen molar-refractivity contribution in [3.8, 4) is 10.4 Å². The monoisotopic (exact) mass is 428 g/mol. The zero-order valence-electron chi connectivity index (χ0n) is 16.7. The summed E-state index contributed by atoms with van der Waals surface area (Å²) < 4.78 is 15.1. The first kappa shape index (κ1) is 21.3. The van der Waals surface area contributed by atoms with Gasteiger partial charge in [-0.25, -0.2) is 9.59 Å². The van der Waals surface area contributed by atoms with E-state index in [2.05, 4.69) is 10.5 Å². The Morgan fingerprint density at radius 2 is 1.83 bits per heavy atom. The number of amides is 1. The van der Waals surface area contributed by atoms with Gasteiger partial charge < -0.3 is 19.3 Å². The van der Waals surface area contributed by atoms with Crippen molar-refractivity contribution in [3.05, 3.63) is 58.3 Å². The number of rotatable bonds is 7. The molecule has 0 unspecified atom stereocenters. The Morgan fingerprint density at radius 3 is 2.47 bits per heavy atom. The van der Waals surface area contributed by atoms with Gasteiger partial charge in [0.05, 0.1) is 18.0 Å². The molecule has 3 aromatic rings. The highest BCUT2D eigenvalue weighted by molar-refractivity contribution is 7.18. The van der Waals surface area contributed by atoms with E-state index in [0.717, 1.165) is 10.4 Å². The van der Waals surface area contributed by atoms with Crippen LogP contribution in [-0.4, -0.2) is 36.2 Å². The first-order chi connectivity index (χ1) is 14.4. The van der Waals surface area contributed by atoms with Crippen molar-refractivity contribution in [2.45, 2.75) is 20.8 Å². The van der Waals surface area contributed by atoms with E-state index in [-0.39, 0.29) is 17.0 Å². The fraction of sp³-hybridized carbons (Fsp3) is 0.238. The molecule has 156 valence electrons. The van der Waals surface area contributed by atoms with E-state index >= 15 is 0 Å². The summed E-state index contributed by atoms with van der Waals surface area (Å²) in [4.78, 5) is 37.9. The molecule has 0 atom stereocenters. The van der Waals surface area contributed by atoms with Gasteiger partial charge in [-0.1, -0.05) is 35.5 Å². The normalized spacial score (nSPS) is 10.5. The number of carbonyl (C=O) groups is 3. The average Bonchev–Trinajstić information content (AvgIpc) is 3.30. The maximum atomic E-state index is 12.4. The molecule has 0 aliphatic carbocycles. The maximum Gasteiger partial charge on any atom is 0.350 e. The number of ether oxygens (including phenoxy) is 2. The molecule has 0 saturated carbocycles. The first-order valence-electron chi connectivity index (χ1n) is 9.17. The lowest BCUT2D eigenvalue weighted by Gasteiger charge is -2.07. The van der Waals surface area contributed by atoms with Crippen molar-refractivity contribution in [1.82, 2.24) is 5.16 Å². The van der Waals surface area contributed by atoms with Gasteiger partial charge in [-0.05, 0) is 32.4 Å². The molecule has 3 rings (SSSR count). The average molecular weight is 428 g/mol. The van der Waals surface area contributed by atoms with Crippen LogP contribution < -0.4 is 5.32 Å². The summed E-state index contributed by atoms with van der Waals surface area (Å²) in [5.41, 5.74) is 1.78. The number of thiophene rings is 1. The number of anilines is 1. The minimum absolute atomic E-state index is 0.192. The fourth-order valence-corrected chi connectivity index (χ4v) is 3.75. The number of esters is 2. The lowest BCUT2D eigenvalue weighted by Crippen LogP contribution is -2.22. The summed E-state index contributed by atoms with van der Waals surface area (Å²) in [5, 5.41) is 6.31. The lowest BCUT2D eigenvalue weighted by atomic mass is 10.2. The van der Waals surface area contributed by atoms with Crippen LogP contribution in [0.15, 0.2) is 40.9 Å². The first-order valence-corrected chi connectivity index (χ1v) is 9.98. The summed E-state index contributed by atoms with van der Waals surface area (Å²) >= 11 is 1.21. The molecule has 1 amide bonds. The molecule has 1 N–H and O–H groups in total. The van der Waals surface area contributed by atoms with Gasteiger partial charge in [-0.3, -0.25) is 4.79 Å². The van der Waals surface area contributed by atoms with Gasteiger partial charge >= 0.3 is 11.9 Å². The Labute approximate surface area is 176 Å². The molecule has 8 nitrogen and oxygen atoms in total. The molecule has 0 aliphatic rings. The van der Waals surface area contributed by atoms with Gasteiger partial charge in [0.1, 0.15) is 16.2 Å². The molecule has 2 heterocycles. The van der Waals surface area contributed by atoms with Crippen molar-refractivity contribution in [3.63, 3.8) is 0 Å². The van der Waals surface area contributed by atoms with Gasteiger partial charge in [0.15, 0.2) is 6.61 Å². The molecule has 0 aliphatic heterocycles. The van der Waals surface area contributed by atoms with Crippen LogP contribution in [0.2, 0.25) is 0 Å². The van der Waals surface area contributed by atoms with Gasteiger partial charge in [0, 0.05) is 4.88 Å². The molecule has 9 heteroatoms. The summed E-state index contributed by atoms with van der Waals surface area (Å²) in [6.45, 7) is 4.57. The van der Waals surface area contributed by atoms with Gasteiger partial charge in [-0.15, -0.1) is 11.3 Å². The third-order valence-electron chi connectivity index (χ3n) is 4.10. The number of aryl methyl sites for hydroxylation is 2. The van der Waals surface area contributed by atoms with Crippen LogP contribution in [0.25, 0.3) is 10.4 Å². The van der Waals surface area contributed by atoms with Crippen molar-refractivity contribution in [1.29, 1.82) is 0 Å². The Kier molecular flexibility index (Phi) is 6.63. The van der Waals surface area contributed by atoms with Crippen LogP contribution in [0.1, 0.15) is 38.4 Å². The fourth-order valence-electron chi connectivity index (χ4n) is 2.74. The molecule has 0 radical (unpaired) electrons. The third-order valence-corrected chi connectivity index (χ3v) is 5.26. The Balaban J connectivity index is 1.74. The SMILES string of the molecule is CCOC(=O)c1sc(-c2ccccc2)cc1NC(=O)COC(=O)c1c(C)noc1C. The smallest absolute Gasteiger partial charge is 0.350 e. The highest BCUT2D eigenvalue weighted by Crippen LogP contribution is 2.35. The Morgan fingerprint density at radius 1 is 1.10 bits per heavy atom. The van der Waals surface area contributed by atoms with Gasteiger partial charge in [0.2, 0.25) is 0 Å². The van der Waals surface area contributed by atoms with Crippen molar-refractivity contribution in [2.75, 3.05) is 18.5 Å². The molecular weight excluding hydrogens is 408 g/mol. The van der Waals surface area contributed by atoms with Gasteiger partial charge in [-0.2, -0.15) is 0 Å². The van der Waals surface area contributed by atoms with Crippen molar-refractivity contribution < 1.29 is 28.4 Å². The molecule has 30 heavy (non-hydrogen) atoms. The number of nitrogens with zero attached hydrogens (tertiary/aromatic N) is 1. The number of nitrogens with one attached hydrogen (secondary N) is 1. The number of aromatic nitrogens is 1. The predicted molar refractivity (Wildman–Crippen MR) is 111 cm³/mol. The molecular formula is C21H20N2O6S. The number of hydrogen-bond acceptors (Lipinski definition) is 8. The summed E-state index contributed by atoms with van der Waals surface area (Å²) in [6.07, 6.45) is 0. The predicted octanol–water partition coefficient (Wildman–Crippen LogP) is 3.99. The van der Waals surface area contributed by atoms with Crippen LogP contribution >= 0.6 is 11.3 Å². The van der Waals surface area contributed by atoms with Crippen LogP contribution in [0.5, 0.6) is 0 Å². The minimum Gasteiger partial charge on any atom is -0.462 e. The Bertz CT molecular complexity index is 1050. The van der Waals surface area contributed by atoms with Crippen molar-refractivity contribution >= 4 is 34.9 Å². The molecule has 0 fully saturated rings. The van der Waals surface area contributed by atoms with Gasteiger partial charge in [0.25, 0.3) is 5.91 Å². The van der Waals surface area contributed by atoms with E-state index in [1.54, 1.807) is 26.8 Å². The largest absolute Gasteiger partial charge is 0.462 e. The van der Waals surface area contributed by atoms with Crippen LogP contribution in [0.4, 0.5) is 5.69 Å². The second-order valence-electron chi connectivity index (χ2n) is 6.26. The molecule has 2 aromatic heterocycles. The number of hydrogen-bond donors (Lipinski definition) is 1. The van der Waals surface area contributed by atoms with E-state index in [1.165, 1.54) is 11.3 Å². The quantitative estimate of drug-likeness (QED) is 0.567. The van der Waals surface area contributed by atoms with E-state index < -0.39 is 24.5 Å². The number of benzene rings is 1. The van der Waals surface area contributed by atoms with Crippen LogP contribution in [0, 0.1) is 13.8 Å².